The van der Waals surface area contributed by atoms with E-state index >= 15 is 0 Å². The van der Waals surface area contributed by atoms with Gasteiger partial charge >= 0.3 is 0 Å². The molecular weight excluding hydrogens is 300 g/mol. The molecule has 6 nitrogen and oxygen atoms in total. The van der Waals surface area contributed by atoms with Gasteiger partial charge in [0.1, 0.15) is 11.3 Å². The molecule has 0 spiro atoms. The minimum absolute atomic E-state index is 0.0645. The van der Waals surface area contributed by atoms with E-state index in [1.165, 1.54) is 38.5 Å². The number of phenolic OH excluding ortho intramolecular Hbond substituents is 2. The lowest BCUT2D eigenvalue weighted by atomic mass is 10.1. The Hall–Kier alpha value is -3.15. The van der Waals surface area contributed by atoms with Crippen LogP contribution in [0.4, 0.5) is 0 Å². The zero-order valence-corrected chi connectivity index (χ0v) is 12.5. The average Bonchev–Trinajstić information content (AvgIpc) is 2.54. The highest BCUT2D eigenvalue weighted by molar-refractivity contribution is 5.82. The Kier molecular flexibility index (Phi) is 3.57. The van der Waals surface area contributed by atoms with Crippen molar-refractivity contribution in [3.05, 3.63) is 46.6 Å². The summed E-state index contributed by atoms with van der Waals surface area (Å²) < 4.78 is 15.6. The summed E-state index contributed by atoms with van der Waals surface area (Å²) >= 11 is 0. The lowest BCUT2D eigenvalue weighted by molar-refractivity contribution is 0.373. The molecule has 1 aromatic heterocycles. The Balaban J connectivity index is 2.20. The molecule has 0 aliphatic heterocycles. The van der Waals surface area contributed by atoms with Crippen molar-refractivity contribution < 1.29 is 24.1 Å². The highest BCUT2D eigenvalue weighted by atomic mass is 16.5. The van der Waals surface area contributed by atoms with Crippen molar-refractivity contribution >= 4 is 11.0 Å². The van der Waals surface area contributed by atoms with Gasteiger partial charge in [-0.15, -0.1) is 0 Å². The van der Waals surface area contributed by atoms with E-state index in [0.29, 0.717) is 16.7 Å². The van der Waals surface area contributed by atoms with Crippen LogP contribution in [-0.4, -0.2) is 24.4 Å². The van der Waals surface area contributed by atoms with Gasteiger partial charge < -0.3 is 24.1 Å². The Bertz CT molecular complexity index is 942. The van der Waals surface area contributed by atoms with Gasteiger partial charge in [-0.1, -0.05) is 0 Å². The summed E-state index contributed by atoms with van der Waals surface area (Å²) in [6.45, 7) is 0. The van der Waals surface area contributed by atoms with Crippen LogP contribution in [0.15, 0.2) is 45.6 Å². The van der Waals surface area contributed by atoms with Crippen molar-refractivity contribution in [2.45, 2.75) is 0 Å². The highest BCUT2D eigenvalue weighted by Gasteiger charge is 2.12. The lowest BCUT2D eigenvalue weighted by Gasteiger charge is -2.08. The Morgan fingerprint density at radius 3 is 2.26 bits per heavy atom. The van der Waals surface area contributed by atoms with E-state index in [1.807, 2.05) is 0 Å². The fraction of sp³-hybridized carbons (Fsp3) is 0.118. The van der Waals surface area contributed by atoms with E-state index in [-0.39, 0.29) is 34.0 Å². The first kappa shape index (κ1) is 14.8. The highest BCUT2D eigenvalue weighted by Crippen LogP contribution is 2.34. The van der Waals surface area contributed by atoms with Crippen molar-refractivity contribution in [3.63, 3.8) is 0 Å². The van der Waals surface area contributed by atoms with E-state index in [1.54, 1.807) is 12.1 Å². The number of hydrogen-bond donors (Lipinski definition) is 2. The summed E-state index contributed by atoms with van der Waals surface area (Å²) in [5, 5.41) is 20.0. The fourth-order valence-electron chi connectivity index (χ4n) is 2.32. The maximum Gasteiger partial charge on any atom is 0.193 e. The second kappa shape index (κ2) is 5.57. The molecular formula is C17H14O6. The summed E-state index contributed by atoms with van der Waals surface area (Å²) in [7, 11) is 2.85. The van der Waals surface area contributed by atoms with Gasteiger partial charge in [-0.3, -0.25) is 4.79 Å². The third-order valence-corrected chi connectivity index (χ3v) is 3.49. The van der Waals surface area contributed by atoms with Gasteiger partial charge in [0.25, 0.3) is 0 Å². The molecule has 2 N–H and O–H groups in total. The topological polar surface area (TPSA) is 89.1 Å². The largest absolute Gasteiger partial charge is 0.504 e. The second-order valence-corrected chi connectivity index (χ2v) is 4.88. The number of benzene rings is 2. The van der Waals surface area contributed by atoms with E-state index in [2.05, 4.69) is 0 Å². The molecule has 0 saturated carbocycles. The summed E-state index contributed by atoms with van der Waals surface area (Å²) in [5.74, 6) is 0.590. The van der Waals surface area contributed by atoms with Gasteiger partial charge in [0.15, 0.2) is 28.4 Å². The molecule has 2 aromatic carbocycles. The summed E-state index contributed by atoms with van der Waals surface area (Å²) in [6, 6.07) is 8.73. The molecule has 0 fully saturated rings. The Labute approximate surface area is 131 Å². The van der Waals surface area contributed by atoms with E-state index in [4.69, 9.17) is 13.9 Å². The molecule has 6 heteroatoms. The predicted octanol–water partition coefficient (Wildman–Crippen LogP) is 2.89. The molecule has 0 amide bonds. The monoisotopic (exact) mass is 314 g/mol. The fourth-order valence-corrected chi connectivity index (χ4v) is 2.32. The molecule has 0 saturated heterocycles. The summed E-state index contributed by atoms with van der Waals surface area (Å²) in [4.78, 5) is 12.3. The zero-order chi connectivity index (χ0) is 16.6. The standard InChI is InChI=1S/C17H14O6/c1-21-14-4-3-9(5-12(14)19)15-7-11(18)10-6-17(22-2)13(20)8-16(10)23-15/h3-8,19-20H,1-2H3. The number of hydrogen-bond acceptors (Lipinski definition) is 6. The number of fused-ring (bicyclic) bond motifs is 1. The van der Waals surface area contributed by atoms with Crippen molar-refractivity contribution in [1.82, 2.24) is 0 Å². The van der Waals surface area contributed by atoms with Gasteiger partial charge in [-0.05, 0) is 24.3 Å². The third-order valence-electron chi connectivity index (χ3n) is 3.49. The number of phenols is 2. The number of methoxy groups -OCH3 is 2. The van der Waals surface area contributed by atoms with E-state index < -0.39 is 0 Å². The SMILES string of the molecule is COc1ccc(-c2cc(=O)c3cc(OC)c(O)cc3o2)cc1O. The van der Waals surface area contributed by atoms with Crippen LogP contribution in [0.1, 0.15) is 0 Å². The molecule has 3 aromatic rings. The number of aromatic hydroxyl groups is 2. The van der Waals surface area contributed by atoms with Gasteiger partial charge in [0, 0.05) is 17.7 Å². The van der Waals surface area contributed by atoms with Crippen molar-refractivity contribution in [1.29, 1.82) is 0 Å². The minimum Gasteiger partial charge on any atom is -0.504 e. The molecule has 0 radical (unpaired) electrons. The van der Waals surface area contributed by atoms with Gasteiger partial charge in [-0.2, -0.15) is 0 Å². The predicted molar refractivity (Wildman–Crippen MR) is 84.4 cm³/mol. The molecule has 3 rings (SSSR count). The zero-order valence-electron chi connectivity index (χ0n) is 12.5. The average molecular weight is 314 g/mol. The molecule has 1 heterocycles. The Morgan fingerprint density at radius 2 is 1.61 bits per heavy atom. The van der Waals surface area contributed by atoms with Crippen LogP contribution >= 0.6 is 0 Å². The second-order valence-electron chi connectivity index (χ2n) is 4.88. The molecule has 0 atom stereocenters. The van der Waals surface area contributed by atoms with Crippen LogP contribution in [0.2, 0.25) is 0 Å². The normalized spacial score (nSPS) is 10.7. The van der Waals surface area contributed by atoms with Crippen LogP contribution in [-0.2, 0) is 0 Å². The molecule has 118 valence electrons. The smallest absolute Gasteiger partial charge is 0.193 e. The first-order chi connectivity index (χ1) is 11.0. The van der Waals surface area contributed by atoms with Crippen LogP contribution in [0.3, 0.4) is 0 Å². The van der Waals surface area contributed by atoms with E-state index in [0.717, 1.165) is 0 Å². The maximum absolute atomic E-state index is 12.3. The summed E-state index contributed by atoms with van der Waals surface area (Å²) in [5.41, 5.74) is 0.452. The van der Waals surface area contributed by atoms with Crippen LogP contribution in [0, 0.1) is 0 Å². The molecule has 0 bridgehead atoms. The molecule has 23 heavy (non-hydrogen) atoms. The number of ether oxygens (including phenoxy) is 2. The van der Waals surface area contributed by atoms with Crippen LogP contribution < -0.4 is 14.9 Å². The Morgan fingerprint density at radius 1 is 0.913 bits per heavy atom. The van der Waals surface area contributed by atoms with Gasteiger partial charge in [0.05, 0.1) is 19.6 Å². The molecule has 0 aliphatic rings. The lowest BCUT2D eigenvalue weighted by Crippen LogP contribution is -2.01. The minimum atomic E-state index is -0.283. The number of rotatable bonds is 3. The van der Waals surface area contributed by atoms with Crippen LogP contribution in [0.5, 0.6) is 23.0 Å². The van der Waals surface area contributed by atoms with Gasteiger partial charge in [-0.25, -0.2) is 0 Å². The van der Waals surface area contributed by atoms with Crippen LogP contribution in [0.25, 0.3) is 22.3 Å². The molecule has 0 aliphatic carbocycles. The van der Waals surface area contributed by atoms with Crippen molar-refractivity contribution in [3.8, 4) is 34.3 Å². The quantitative estimate of drug-likeness (QED) is 0.772. The molecule has 0 unspecified atom stereocenters. The van der Waals surface area contributed by atoms with Crippen molar-refractivity contribution in [2.24, 2.45) is 0 Å². The van der Waals surface area contributed by atoms with E-state index in [9.17, 15) is 15.0 Å². The first-order valence-corrected chi connectivity index (χ1v) is 6.75. The first-order valence-electron chi connectivity index (χ1n) is 6.75. The third kappa shape index (κ3) is 2.55. The van der Waals surface area contributed by atoms with Crippen molar-refractivity contribution in [2.75, 3.05) is 14.2 Å². The van der Waals surface area contributed by atoms with Gasteiger partial charge in [0.2, 0.25) is 0 Å². The summed E-state index contributed by atoms with van der Waals surface area (Å²) in [6.07, 6.45) is 0. The maximum atomic E-state index is 12.3.